The Morgan fingerprint density at radius 3 is 2.65 bits per heavy atom. The fourth-order valence-corrected chi connectivity index (χ4v) is 6.57. The van der Waals surface area contributed by atoms with Crippen LogP contribution in [-0.2, 0) is 9.84 Å². The number of thiazole rings is 1. The van der Waals surface area contributed by atoms with Gasteiger partial charge in [-0.05, 0) is 51.7 Å². The number of anilines is 1. The molecule has 2 aliphatic rings. The molecule has 2 aromatic rings. The van der Waals surface area contributed by atoms with Crippen LogP contribution in [0.25, 0.3) is 10.4 Å². The molecule has 2 saturated heterocycles. The zero-order chi connectivity index (χ0) is 24.6. The second kappa shape index (κ2) is 9.61. The Morgan fingerprint density at radius 2 is 2.06 bits per heavy atom. The minimum absolute atomic E-state index is 0.0677. The lowest BCUT2D eigenvalue weighted by Gasteiger charge is -2.25. The summed E-state index contributed by atoms with van der Waals surface area (Å²) >= 11 is 1.14. The first kappa shape index (κ1) is 24.6. The molecule has 0 aromatic carbocycles. The number of carbonyl (C=O) groups excluding carboxylic acids is 2. The number of sulfone groups is 1. The van der Waals surface area contributed by atoms with Crippen LogP contribution < -0.4 is 10.6 Å². The Kier molecular flexibility index (Phi) is 6.95. The number of carbonyl (C=O) groups is 2. The van der Waals surface area contributed by atoms with Crippen molar-refractivity contribution in [3.05, 3.63) is 28.5 Å². The maximum Gasteiger partial charge on any atom is 0.280 e. The molecule has 2 aliphatic heterocycles. The Morgan fingerprint density at radius 1 is 1.32 bits per heavy atom. The zero-order valence-electron chi connectivity index (χ0n) is 19.9. The number of pyridine rings is 1. The van der Waals surface area contributed by atoms with E-state index in [-0.39, 0.29) is 40.2 Å². The number of amides is 2. The second-order valence-corrected chi connectivity index (χ2v) is 12.4. The van der Waals surface area contributed by atoms with Crippen LogP contribution in [-0.4, -0.2) is 71.3 Å². The lowest BCUT2D eigenvalue weighted by molar-refractivity contribution is 0.0743. The summed E-state index contributed by atoms with van der Waals surface area (Å²) in [4.78, 5) is 37.7. The van der Waals surface area contributed by atoms with E-state index < -0.39 is 21.8 Å². The molecule has 2 fully saturated rings. The van der Waals surface area contributed by atoms with Crippen molar-refractivity contribution >= 4 is 38.8 Å². The highest BCUT2D eigenvalue weighted by atomic mass is 32.2. The summed E-state index contributed by atoms with van der Waals surface area (Å²) in [6.07, 6.45) is 4.56. The average Bonchev–Trinajstić information content (AvgIpc) is 3.38. The van der Waals surface area contributed by atoms with E-state index in [0.29, 0.717) is 11.4 Å². The van der Waals surface area contributed by atoms with Crippen LogP contribution in [0.4, 0.5) is 5.82 Å². The Labute approximate surface area is 204 Å². The molecule has 0 aliphatic carbocycles. The van der Waals surface area contributed by atoms with Gasteiger partial charge in [0.05, 0.1) is 22.4 Å². The van der Waals surface area contributed by atoms with E-state index in [1.165, 1.54) is 0 Å². The molecule has 2 atom stereocenters. The van der Waals surface area contributed by atoms with Crippen molar-refractivity contribution in [3.63, 3.8) is 0 Å². The van der Waals surface area contributed by atoms with Gasteiger partial charge in [-0.2, -0.15) is 0 Å². The molecule has 2 N–H and O–H groups in total. The van der Waals surface area contributed by atoms with E-state index in [0.717, 1.165) is 47.5 Å². The van der Waals surface area contributed by atoms with E-state index in [4.69, 9.17) is 0 Å². The first-order valence-corrected chi connectivity index (χ1v) is 14.3. The fraction of sp³-hybridized carbons (Fsp3) is 0.565. The lowest BCUT2D eigenvalue weighted by Crippen LogP contribution is -2.52. The van der Waals surface area contributed by atoms with Gasteiger partial charge in [0.1, 0.15) is 11.5 Å². The molecule has 0 bridgehead atoms. The molecule has 0 unspecified atom stereocenters. The minimum Gasteiger partial charge on any atom is -0.368 e. The largest absolute Gasteiger partial charge is 0.368 e. The second-order valence-electron chi connectivity index (χ2n) is 9.27. The first-order valence-electron chi connectivity index (χ1n) is 11.6. The molecule has 184 valence electrons. The standard InChI is InChI=1S/C23H31N5O4S2/c1-5-14(3)25-18-9-13(2)17(10-24-18)20-19(23(30)28-8-6-7-15(28)4)27-22(33-20)21(29)26-16-11-34(31,32)12-16/h9-10,14-16H,5-8,11-12H2,1-4H3,(H,24,25)(H,26,29)/t14-,15+/m1/s1. The Balaban J connectivity index is 1.67. The van der Waals surface area contributed by atoms with Crippen molar-refractivity contribution in [2.45, 2.75) is 65.1 Å². The highest BCUT2D eigenvalue weighted by Gasteiger charge is 2.36. The summed E-state index contributed by atoms with van der Waals surface area (Å²) in [5.41, 5.74) is 1.93. The molecule has 4 heterocycles. The van der Waals surface area contributed by atoms with Crippen molar-refractivity contribution in [1.82, 2.24) is 20.2 Å². The third-order valence-electron chi connectivity index (χ3n) is 6.45. The average molecular weight is 506 g/mol. The van der Waals surface area contributed by atoms with Crippen molar-refractivity contribution in [3.8, 4) is 10.4 Å². The van der Waals surface area contributed by atoms with Gasteiger partial charge < -0.3 is 15.5 Å². The highest BCUT2D eigenvalue weighted by Crippen LogP contribution is 2.35. The molecule has 4 rings (SSSR count). The summed E-state index contributed by atoms with van der Waals surface area (Å²) in [5, 5.41) is 6.23. The van der Waals surface area contributed by atoms with Crippen LogP contribution >= 0.6 is 11.3 Å². The predicted molar refractivity (Wildman–Crippen MR) is 133 cm³/mol. The van der Waals surface area contributed by atoms with Crippen LogP contribution in [0.5, 0.6) is 0 Å². The van der Waals surface area contributed by atoms with Gasteiger partial charge in [-0.25, -0.2) is 18.4 Å². The van der Waals surface area contributed by atoms with Gasteiger partial charge in [-0.3, -0.25) is 9.59 Å². The smallest absolute Gasteiger partial charge is 0.280 e. The van der Waals surface area contributed by atoms with Crippen molar-refractivity contribution in [1.29, 1.82) is 0 Å². The van der Waals surface area contributed by atoms with E-state index in [2.05, 4.69) is 34.4 Å². The topological polar surface area (TPSA) is 121 Å². The van der Waals surface area contributed by atoms with Crippen molar-refractivity contribution in [2.24, 2.45) is 0 Å². The summed E-state index contributed by atoms with van der Waals surface area (Å²) in [5.74, 6) is -0.0305. The summed E-state index contributed by atoms with van der Waals surface area (Å²) in [6.45, 7) is 8.81. The number of aryl methyl sites for hydroxylation is 1. The van der Waals surface area contributed by atoms with Crippen LogP contribution in [0, 0.1) is 6.92 Å². The number of nitrogens with one attached hydrogen (secondary N) is 2. The molecule has 0 spiro atoms. The number of rotatable bonds is 7. The molecule has 9 nitrogen and oxygen atoms in total. The lowest BCUT2D eigenvalue weighted by atomic mass is 10.1. The van der Waals surface area contributed by atoms with Crippen molar-refractivity contribution in [2.75, 3.05) is 23.4 Å². The molecule has 0 radical (unpaired) electrons. The normalized spacial score (nSPS) is 20.6. The monoisotopic (exact) mass is 505 g/mol. The number of aromatic nitrogens is 2. The van der Waals surface area contributed by atoms with Crippen LogP contribution in [0.15, 0.2) is 12.3 Å². The van der Waals surface area contributed by atoms with Gasteiger partial charge in [0.2, 0.25) is 0 Å². The van der Waals surface area contributed by atoms with Gasteiger partial charge >= 0.3 is 0 Å². The van der Waals surface area contributed by atoms with Crippen LogP contribution in [0.3, 0.4) is 0 Å². The number of hydrogen-bond acceptors (Lipinski definition) is 8. The van der Waals surface area contributed by atoms with Gasteiger partial charge in [-0.1, -0.05) is 6.92 Å². The molecule has 34 heavy (non-hydrogen) atoms. The fourth-order valence-electron chi connectivity index (χ4n) is 4.24. The third kappa shape index (κ3) is 5.10. The van der Waals surface area contributed by atoms with Gasteiger partial charge in [0, 0.05) is 30.4 Å². The van der Waals surface area contributed by atoms with Crippen LogP contribution in [0.2, 0.25) is 0 Å². The van der Waals surface area contributed by atoms with E-state index >= 15 is 0 Å². The maximum absolute atomic E-state index is 13.5. The van der Waals surface area contributed by atoms with E-state index in [1.54, 1.807) is 11.1 Å². The summed E-state index contributed by atoms with van der Waals surface area (Å²) in [6, 6.07) is 1.91. The first-order chi connectivity index (χ1) is 16.1. The molecule has 0 saturated carbocycles. The molecule has 2 amide bonds. The van der Waals surface area contributed by atoms with Gasteiger partial charge in [0.15, 0.2) is 14.8 Å². The van der Waals surface area contributed by atoms with Gasteiger partial charge in [0.25, 0.3) is 11.8 Å². The predicted octanol–water partition coefficient (Wildman–Crippen LogP) is 2.88. The summed E-state index contributed by atoms with van der Waals surface area (Å²) < 4.78 is 22.9. The number of likely N-dealkylation sites (tertiary alicyclic amines) is 1. The Hall–Kier alpha value is -2.53. The van der Waals surface area contributed by atoms with Crippen molar-refractivity contribution < 1.29 is 18.0 Å². The maximum atomic E-state index is 13.5. The summed E-state index contributed by atoms with van der Waals surface area (Å²) in [7, 11) is -3.06. The molecule has 11 heteroatoms. The molecule has 2 aromatic heterocycles. The number of nitrogens with zero attached hydrogens (tertiary/aromatic N) is 3. The highest BCUT2D eigenvalue weighted by molar-refractivity contribution is 7.92. The quantitative estimate of drug-likeness (QED) is 0.593. The van der Waals surface area contributed by atoms with E-state index in [1.807, 2.05) is 19.9 Å². The SMILES string of the molecule is CC[C@@H](C)Nc1cc(C)c(-c2sc(C(=O)NC3CS(=O)(=O)C3)nc2C(=O)N2CCC[C@@H]2C)cn1. The Bertz CT molecular complexity index is 1200. The number of hydrogen-bond donors (Lipinski definition) is 2. The third-order valence-corrected chi connectivity index (χ3v) is 9.35. The molecular formula is C23H31N5O4S2. The van der Waals surface area contributed by atoms with E-state index in [9.17, 15) is 18.0 Å². The minimum atomic E-state index is -3.06. The molecular weight excluding hydrogens is 474 g/mol. The zero-order valence-corrected chi connectivity index (χ0v) is 21.6. The van der Waals surface area contributed by atoms with Crippen LogP contribution in [0.1, 0.15) is 65.9 Å². The van der Waals surface area contributed by atoms with Gasteiger partial charge in [-0.15, -0.1) is 11.3 Å².